The number of aryl methyl sites for hydroxylation is 2. The Morgan fingerprint density at radius 3 is 2.14 bits per heavy atom. The van der Waals surface area contributed by atoms with Gasteiger partial charge in [-0.3, -0.25) is 0 Å². The van der Waals surface area contributed by atoms with E-state index in [4.69, 9.17) is 4.98 Å². The van der Waals surface area contributed by atoms with Gasteiger partial charge in [0.25, 0.3) is 0 Å². The second-order valence-corrected chi connectivity index (χ2v) is 9.59. The Morgan fingerprint density at radius 1 is 0.909 bits per heavy atom. The summed E-state index contributed by atoms with van der Waals surface area (Å²) in [4.78, 5) is 4.91. The summed E-state index contributed by atoms with van der Waals surface area (Å²) in [7, 11) is 0. The molecule has 1 aromatic carbocycles. The van der Waals surface area contributed by atoms with Crippen LogP contribution in [0.15, 0.2) is 6.07 Å². The van der Waals surface area contributed by atoms with E-state index in [2.05, 4.69) is 26.8 Å². The van der Waals surface area contributed by atoms with Crippen LogP contribution < -0.4 is 3.02 Å². The summed E-state index contributed by atoms with van der Waals surface area (Å²) >= 11 is 3.36. The Hall–Kier alpha value is -0.0913. The number of fused-ring (bicyclic) bond motifs is 1. The molecule has 0 unspecified atom stereocenters. The number of unbranched alkanes of at least 4 members (excludes halogenated alkanes) is 3. The molecule has 0 saturated carbocycles. The van der Waals surface area contributed by atoms with Gasteiger partial charge in [-0.2, -0.15) is 0 Å². The maximum absolute atomic E-state index is 4.91. The van der Waals surface area contributed by atoms with Crippen LogP contribution in [-0.4, -0.2) is 27.5 Å². The van der Waals surface area contributed by atoms with E-state index in [1.165, 1.54) is 93.6 Å². The molecule has 1 heterocycles. The van der Waals surface area contributed by atoms with Crippen LogP contribution in [0.3, 0.4) is 0 Å². The Labute approximate surface area is 153 Å². The summed E-state index contributed by atoms with van der Waals surface area (Å²) in [6, 6.07) is 2.47. The van der Waals surface area contributed by atoms with Gasteiger partial charge in [-0.1, -0.05) is 0 Å². The molecule has 0 aliphatic heterocycles. The zero-order valence-corrected chi connectivity index (χ0v) is 18.0. The molecular formula is C19H28NSSn. The average Bonchev–Trinajstić information content (AvgIpc) is 2.88. The molecule has 1 aromatic heterocycles. The molecule has 0 N–H and O–H groups in total. The molecule has 2 aromatic rings. The number of thiazole rings is 1. The van der Waals surface area contributed by atoms with E-state index in [0.29, 0.717) is 0 Å². The molecule has 0 aliphatic carbocycles. The molecule has 119 valence electrons. The van der Waals surface area contributed by atoms with Crippen molar-refractivity contribution in [3.05, 3.63) is 22.8 Å². The molecule has 0 aliphatic rings. The molecule has 1 nitrogen and oxygen atoms in total. The molecule has 3 heteroatoms. The van der Waals surface area contributed by atoms with E-state index in [-0.39, 0.29) is 0 Å². The van der Waals surface area contributed by atoms with E-state index in [1.54, 1.807) is 16.7 Å². The van der Waals surface area contributed by atoms with Crippen molar-refractivity contribution in [1.82, 2.24) is 4.98 Å². The zero-order valence-electron chi connectivity index (χ0n) is 14.3. The Bertz CT molecular complexity index is 603. The predicted octanol–water partition coefficient (Wildman–Crippen LogP) is 5.12. The third kappa shape index (κ3) is 4.47. The first-order chi connectivity index (χ1) is 10.7. The molecule has 22 heavy (non-hydrogen) atoms. The summed E-state index contributed by atoms with van der Waals surface area (Å²) in [5.41, 5.74) is 6.19. The summed E-state index contributed by atoms with van der Waals surface area (Å²) in [6.07, 6.45) is 11.4. The van der Waals surface area contributed by atoms with Crippen molar-refractivity contribution in [3.63, 3.8) is 0 Å². The average molecular weight is 421 g/mol. The van der Waals surface area contributed by atoms with Crippen LogP contribution in [0.2, 0.25) is 0 Å². The van der Waals surface area contributed by atoms with Crippen LogP contribution in [0, 0.1) is 0 Å². The van der Waals surface area contributed by atoms with Crippen molar-refractivity contribution in [2.75, 3.05) is 0 Å². The maximum atomic E-state index is 4.91. The fraction of sp³-hybridized carbons (Fsp3) is 0.632. The molecule has 2 rings (SSSR count). The van der Waals surface area contributed by atoms with E-state index >= 15 is 0 Å². The molecule has 0 fully saturated rings. The van der Waals surface area contributed by atoms with Crippen LogP contribution in [0.25, 0.3) is 10.2 Å². The number of hydrogen-bond donors (Lipinski definition) is 0. The fourth-order valence-corrected chi connectivity index (χ4v) is 5.18. The van der Waals surface area contributed by atoms with Crippen molar-refractivity contribution < 1.29 is 0 Å². The topological polar surface area (TPSA) is 12.9 Å². The number of nitrogens with zero attached hydrogens (tertiary/aromatic N) is 1. The molecule has 0 bridgehead atoms. The number of benzene rings is 1. The number of hydrogen-bond acceptors (Lipinski definition) is 2. The van der Waals surface area contributed by atoms with Crippen molar-refractivity contribution >= 4 is 47.1 Å². The van der Waals surface area contributed by atoms with Gasteiger partial charge in [0.15, 0.2) is 0 Å². The van der Waals surface area contributed by atoms with Crippen LogP contribution in [0.5, 0.6) is 0 Å². The van der Waals surface area contributed by atoms with Crippen molar-refractivity contribution in [2.45, 2.75) is 78.6 Å². The molecule has 3 radical (unpaired) electrons. The second-order valence-electron chi connectivity index (χ2n) is 6.17. The normalized spacial score (nSPS) is 11.5. The quantitative estimate of drug-likeness (QED) is 0.513. The monoisotopic (exact) mass is 422 g/mol. The van der Waals surface area contributed by atoms with Crippen molar-refractivity contribution in [2.24, 2.45) is 0 Å². The third-order valence-electron chi connectivity index (χ3n) is 4.36. The first-order valence-corrected chi connectivity index (χ1v) is 11.1. The van der Waals surface area contributed by atoms with Crippen molar-refractivity contribution in [3.8, 4) is 0 Å². The van der Waals surface area contributed by atoms with E-state index in [0.717, 1.165) is 0 Å². The molecule has 0 saturated heterocycles. The zero-order chi connectivity index (χ0) is 15.9. The van der Waals surface area contributed by atoms with Crippen LogP contribution in [0.4, 0.5) is 0 Å². The minimum atomic E-state index is 1.21. The molecule has 0 atom stereocenters. The second kappa shape index (κ2) is 9.26. The summed E-state index contributed by atoms with van der Waals surface area (Å²) < 4.78 is 2.73. The van der Waals surface area contributed by atoms with E-state index in [9.17, 15) is 0 Å². The van der Waals surface area contributed by atoms with Gasteiger partial charge in [0.1, 0.15) is 0 Å². The van der Waals surface area contributed by atoms with E-state index < -0.39 is 0 Å². The van der Waals surface area contributed by atoms with Gasteiger partial charge in [-0.15, -0.1) is 0 Å². The predicted molar refractivity (Wildman–Crippen MR) is 101 cm³/mol. The van der Waals surface area contributed by atoms with Gasteiger partial charge in [0, 0.05) is 0 Å². The van der Waals surface area contributed by atoms with E-state index in [1.807, 2.05) is 11.3 Å². The summed E-state index contributed by atoms with van der Waals surface area (Å²) in [5.74, 6) is 0. The minimum absolute atomic E-state index is 1.21. The Kier molecular flexibility index (Phi) is 7.69. The van der Waals surface area contributed by atoms with Gasteiger partial charge in [0.2, 0.25) is 0 Å². The van der Waals surface area contributed by atoms with Crippen molar-refractivity contribution in [1.29, 1.82) is 0 Å². The first-order valence-electron chi connectivity index (χ1n) is 8.86. The number of rotatable bonds is 9. The van der Waals surface area contributed by atoms with Gasteiger partial charge in [-0.25, -0.2) is 0 Å². The molecule has 0 spiro atoms. The Morgan fingerprint density at radius 2 is 1.50 bits per heavy atom. The molecule has 0 amide bonds. The Balaban J connectivity index is 2.52. The SMILES string of the molecule is CCCCc1cc2s[c]([Sn])nc2c(CCCC)c1CCCC. The van der Waals surface area contributed by atoms with Crippen LogP contribution in [-0.2, 0) is 19.3 Å². The van der Waals surface area contributed by atoms with Crippen LogP contribution >= 0.6 is 11.3 Å². The fourth-order valence-electron chi connectivity index (χ4n) is 3.11. The first kappa shape index (κ1) is 18.3. The summed E-state index contributed by atoms with van der Waals surface area (Å²) in [5, 5.41) is 0. The summed E-state index contributed by atoms with van der Waals surface area (Å²) in [6.45, 7) is 6.88. The van der Waals surface area contributed by atoms with Gasteiger partial charge < -0.3 is 0 Å². The third-order valence-corrected chi connectivity index (χ3v) is 6.37. The standard InChI is InChI=1S/C19H28NS.Sn/c1-4-7-10-15-13-18-19(20-14-21-18)17(12-9-6-3)16(15)11-8-5-2;/h13H,4-12H2,1-3H3;. The van der Waals surface area contributed by atoms with Gasteiger partial charge in [-0.05, 0) is 0 Å². The number of aromatic nitrogens is 1. The van der Waals surface area contributed by atoms with Gasteiger partial charge >= 0.3 is 153 Å². The van der Waals surface area contributed by atoms with Crippen LogP contribution in [0.1, 0.15) is 76.0 Å². The van der Waals surface area contributed by atoms with Gasteiger partial charge in [0.05, 0.1) is 0 Å². The molecular weight excluding hydrogens is 393 g/mol.